The molecule has 3 N–H and O–H groups in total. The van der Waals surface area contributed by atoms with Gasteiger partial charge in [-0.2, -0.15) is 0 Å². The van der Waals surface area contributed by atoms with Crippen molar-refractivity contribution < 1.29 is 55.8 Å². The number of carbonyl (C=O) groups is 6. The van der Waals surface area contributed by atoms with E-state index in [0.717, 1.165) is 11.0 Å². The van der Waals surface area contributed by atoms with E-state index in [1.54, 1.807) is 26.8 Å². The summed E-state index contributed by atoms with van der Waals surface area (Å²) in [6, 6.07) is 1.53. The second-order valence-electron chi connectivity index (χ2n) is 14.5. The molecule has 2 aliphatic carbocycles. The predicted octanol–water partition coefficient (Wildman–Crippen LogP) is 1.29. The van der Waals surface area contributed by atoms with Crippen molar-refractivity contribution in [3.63, 3.8) is 0 Å². The summed E-state index contributed by atoms with van der Waals surface area (Å²) in [5.41, 5.74) is -1.73. The summed E-state index contributed by atoms with van der Waals surface area (Å²) in [6.45, 7) is 3.81. The third-order valence-electron chi connectivity index (χ3n) is 9.33. The SMILES string of the molecule is CC(C)(C)OC(=O)NC1COC(=O)C=CC=CC2CC2(C(=O)NS(=O)(=O)C2CC2)NC(=O)C2CC(OC(=O)N3Cc4cccc(F)c4C3)CN2C1=O. The highest BCUT2D eigenvalue weighted by atomic mass is 32.2. The quantitative estimate of drug-likeness (QED) is 0.289. The number of benzene rings is 1. The maximum atomic E-state index is 14.4. The Kier molecular flexibility index (Phi) is 9.80. The van der Waals surface area contributed by atoms with Crippen LogP contribution >= 0.6 is 0 Å². The smallest absolute Gasteiger partial charge is 0.410 e. The Bertz CT molecular complexity index is 1860. The Morgan fingerprint density at radius 1 is 1.10 bits per heavy atom. The van der Waals surface area contributed by atoms with Crippen molar-refractivity contribution >= 4 is 45.9 Å². The van der Waals surface area contributed by atoms with Crippen LogP contribution in [0.1, 0.15) is 57.6 Å². The minimum absolute atomic E-state index is 0.00747. The molecule has 5 unspecified atom stereocenters. The van der Waals surface area contributed by atoms with Gasteiger partial charge in [-0.3, -0.25) is 24.0 Å². The molecule has 3 fully saturated rings. The monoisotopic (exact) mass is 745 g/mol. The number of hydrogen-bond acceptors (Lipinski definition) is 11. The van der Waals surface area contributed by atoms with E-state index in [1.807, 2.05) is 0 Å². The number of amides is 5. The van der Waals surface area contributed by atoms with Crippen LogP contribution in [0, 0.1) is 11.7 Å². The first-order valence-electron chi connectivity index (χ1n) is 16.9. The van der Waals surface area contributed by atoms with E-state index < -0.39 is 98.8 Å². The molecule has 1 aromatic rings. The van der Waals surface area contributed by atoms with Crippen molar-refractivity contribution in [3.8, 4) is 0 Å². The van der Waals surface area contributed by atoms with E-state index in [0.29, 0.717) is 24.0 Å². The van der Waals surface area contributed by atoms with Crippen LogP contribution in [-0.2, 0) is 56.5 Å². The molecule has 280 valence electrons. The molecule has 0 aromatic heterocycles. The first-order chi connectivity index (χ1) is 24.5. The normalized spacial score (nSPS) is 27.6. The van der Waals surface area contributed by atoms with Gasteiger partial charge in [-0.15, -0.1) is 0 Å². The molecule has 0 radical (unpaired) electrons. The fourth-order valence-electron chi connectivity index (χ4n) is 6.44. The van der Waals surface area contributed by atoms with E-state index in [-0.39, 0.29) is 32.5 Å². The van der Waals surface area contributed by atoms with E-state index >= 15 is 0 Å². The lowest BCUT2D eigenvalue weighted by Gasteiger charge is -2.30. The Labute approximate surface area is 299 Å². The van der Waals surface area contributed by atoms with Gasteiger partial charge in [0.05, 0.1) is 18.3 Å². The number of rotatable bonds is 5. The van der Waals surface area contributed by atoms with Gasteiger partial charge in [0.25, 0.3) is 5.91 Å². The fraction of sp³-hybridized carbons (Fsp3) is 0.529. The molecule has 16 nitrogen and oxygen atoms in total. The molecule has 1 saturated heterocycles. The predicted molar refractivity (Wildman–Crippen MR) is 177 cm³/mol. The van der Waals surface area contributed by atoms with Gasteiger partial charge in [0, 0.05) is 30.5 Å². The summed E-state index contributed by atoms with van der Waals surface area (Å²) in [6.07, 6.45) is 2.93. The minimum atomic E-state index is -4.00. The Balaban J connectivity index is 1.27. The second kappa shape index (κ2) is 13.9. The summed E-state index contributed by atoms with van der Waals surface area (Å²) in [5, 5.41) is 4.33. The average molecular weight is 746 g/mol. The lowest BCUT2D eigenvalue weighted by Crippen LogP contribution is -2.59. The summed E-state index contributed by atoms with van der Waals surface area (Å²) in [5.74, 6) is -4.74. The molecule has 18 heteroatoms. The van der Waals surface area contributed by atoms with Crippen molar-refractivity contribution in [3.05, 3.63) is 59.4 Å². The summed E-state index contributed by atoms with van der Waals surface area (Å²) in [7, 11) is -4.00. The highest BCUT2D eigenvalue weighted by Gasteiger charge is 2.62. The van der Waals surface area contributed by atoms with Gasteiger partial charge in [-0.1, -0.05) is 30.4 Å². The molecule has 3 heterocycles. The summed E-state index contributed by atoms with van der Waals surface area (Å²) < 4.78 is 58.2. The number of fused-ring (bicyclic) bond motifs is 3. The van der Waals surface area contributed by atoms with Crippen molar-refractivity contribution in [1.29, 1.82) is 0 Å². The maximum Gasteiger partial charge on any atom is 0.410 e. The first kappa shape index (κ1) is 36.8. The van der Waals surface area contributed by atoms with Gasteiger partial charge in [0.15, 0.2) is 0 Å². The summed E-state index contributed by atoms with van der Waals surface area (Å²) in [4.78, 5) is 82.8. The number of hydrogen-bond donors (Lipinski definition) is 3. The molecule has 6 rings (SSSR count). The maximum absolute atomic E-state index is 14.4. The highest BCUT2D eigenvalue weighted by molar-refractivity contribution is 7.91. The number of nitrogens with zero attached hydrogens (tertiary/aromatic N) is 2. The standard InChI is InChI=1S/C34H40FN5O11S/c1-33(2,3)51-31(45)36-25-18-49-27(41)10-5-4-8-20-14-34(20,30(44)38-52(47,48)22-11-12-22)37-28(42)26-13-21(16-40(26)29(25)43)50-32(46)39-15-19-7-6-9-24(35)23(19)17-39/h4-10,20-22,25-26H,11-18H2,1-3H3,(H,36,45)(H,37,42)(H,38,44). The van der Waals surface area contributed by atoms with E-state index in [1.165, 1.54) is 35.3 Å². The van der Waals surface area contributed by atoms with E-state index in [9.17, 15) is 41.6 Å². The Morgan fingerprint density at radius 3 is 2.54 bits per heavy atom. The lowest BCUT2D eigenvalue weighted by atomic mass is 10.1. The third-order valence-corrected chi connectivity index (χ3v) is 11.2. The summed E-state index contributed by atoms with van der Waals surface area (Å²) >= 11 is 0. The second-order valence-corrected chi connectivity index (χ2v) is 16.5. The Hall–Kier alpha value is -5.00. The number of cyclic esters (lactones) is 1. The topological polar surface area (TPSA) is 207 Å². The molecule has 52 heavy (non-hydrogen) atoms. The van der Waals surface area contributed by atoms with Crippen LogP contribution in [0.25, 0.3) is 0 Å². The van der Waals surface area contributed by atoms with Crippen LogP contribution in [0.15, 0.2) is 42.5 Å². The first-order valence-corrected chi connectivity index (χ1v) is 18.4. The van der Waals surface area contributed by atoms with Gasteiger partial charge >= 0.3 is 18.2 Å². The van der Waals surface area contributed by atoms with Crippen molar-refractivity contribution in [2.24, 2.45) is 5.92 Å². The number of carbonyl (C=O) groups excluding carboxylic acids is 6. The molecule has 5 atom stereocenters. The van der Waals surface area contributed by atoms with Crippen molar-refractivity contribution in [1.82, 2.24) is 25.2 Å². The molecule has 0 bridgehead atoms. The molecule has 2 saturated carbocycles. The van der Waals surface area contributed by atoms with Crippen LogP contribution in [0.3, 0.4) is 0 Å². The minimum Gasteiger partial charge on any atom is -0.460 e. The van der Waals surface area contributed by atoms with Crippen LogP contribution < -0.4 is 15.4 Å². The number of esters is 1. The molecule has 5 aliphatic rings. The lowest BCUT2D eigenvalue weighted by molar-refractivity contribution is -0.145. The third kappa shape index (κ3) is 8.05. The molecular weight excluding hydrogens is 705 g/mol. The van der Waals surface area contributed by atoms with E-state index in [4.69, 9.17) is 14.2 Å². The van der Waals surface area contributed by atoms with Crippen LogP contribution in [-0.4, -0.2) is 102 Å². The molecule has 0 spiro atoms. The van der Waals surface area contributed by atoms with Gasteiger partial charge < -0.3 is 29.7 Å². The van der Waals surface area contributed by atoms with Gasteiger partial charge in [0.1, 0.15) is 41.8 Å². The molecule has 5 amide bonds. The van der Waals surface area contributed by atoms with Gasteiger partial charge in [-0.25, -0.2) is 27.2 Å². The van der Waals surface area contributed by atoms with E-state index in [2.05, 4.69) is 15.4 Å². The number of allylic oxidation sites excluding steroid dienone is 2. The highest BCUT2D eigenvalue weighted by Crippen LogP contribution is 2.46. The fourth-order valence-corrected chi connectivity index (χ4v) is 7.80. The molecule has 3 aliphatic heterocycles. The van der Waals surface area contributed by atoms with Crippen LogP contribution in [0.5, 0.6) is 0 Å². The zero-order valence-electron chi connectivity index (χ0n) is 28.8. The number of halogens is 1. The van der Waals surface area contributed by atoms with Crippen LogP contribution in [0.2, 0.25) is 0 Å². The van der Waals surface area contributed by atoms with Crippen molar-refractivity contribution in [2.45, 2.75) is 94.1 Å². The average Bonchev–Trinajstić information content (AvgIpc) is 3.94. The molecule has 1 aromatic carbocycles. The number of sulfonamides is 1. The van der Waals surface area contributed by atoms with Crippen molar-refractivity contribution in [2.75, 3.05) is 13.2 Å². The largest absolute Gasteiger partial charge is 0.460 e. The van der Waals surface area contributed by atoms with Crippen LogP contribution in [0.4, 0.5) is 14.0 Å². The number of nitrogens with one attached hydrogen (secondary N) is 3. The number of ether oxygens (including phenoxy) is 3. The van der Waals surface area contributed by atoms with Gasteiger partial charge in [0.2, 0.25) is 21.8 Å². The Morgan fingerprint density at radius 2 is 1.85 bits per heavy atom. The van der Waals surface area contributed by atoms with Gasteiger partial charge in [-0.05, 0) is 51.7 Å². The zero-order valence-corrected chi connectivity index (χ0v) is 29.6. The molecular formula is C34H40FN5O11S. The zero-order chi connectivity index (χ0) is 37.6. The number of alkyl carbamates (subject to hydrolysis) is 1.